The number of aromatic nitrogens is 1. The molecule has 2 heterocycles. The number of nitrogens with zero attached hydrogens (tertiary/aromatic N) is 2. The smallest absolute Gasteiger partial charge is 0.127 e. The van der Waals surface area contributed by atoms with Gasteiger partial charge in [-0.1, -0.05) is 18.2 Å². The number of benzene rings is 2. The number of fused-ring (bicyclic) bond motifs is 1. The first-order chi connectivity index (χ1) is 13.7. The molecule has 2 atom stereocenters. The Bertz CT molecular complexity index is 983. The van der Waals surface area contributed by atoms with Gasteiger partial charge >= 0.3 is 0 Å². The van der Waals surface area contributed by atoms with Crippen molar-refractivity contribution in [2.75, 3.05) is 13.1 Å². The topological polar surface area (TPSA) is 57.9 Å². The van der Waals surface area contributed by atoms with Crippen LogP contribution in [0.4, 0.5) is 0 Å². The fraction of sp³-hybridized carbons (Fsp3) is 0.333. The van der Waals surface area contributed by atoms with Crippen LogP contribution in [0.3, 0.4) is 0 Å². The van der Waals surface area contributed by atoms with Crippen LogP contribution in [0, 0.1) is 24.2 Å². The molecule has 1 fully saturated rings. The first kappa shape index (κ1) is 18.5. The summed E-state index contributed by atoms with van der Waals surface area (Å²) >= 11 is 0. The van der Waals surface area contributed by atoms with Gasteiger partial charge in [0.2, 0.25) is 0 Å². The lowest BCUT2D eigenvalue weighted by molar-refractivity contribution is 0.126. The zero-order chi connectivity index (χ0) is 19.3. The standard InChI is InChI=1S/C24H25N3O/c1-17-4-7-19-10-11-22(15-23(19)27-17)28-24(20-3-2-13-26-14-12-20)21-8-5-18(16-25)6-9-21/h4-11,15,20,24,26H,2-3,12-14H2,1H3. The SMILES string of the molecule is Cc1ccc2ccc(OC(c3ccc(C#N)cc3)C3CCCNCC3)cc2n1. The summed E-state index contributed by atoms with van der Waals surface area (Å²) in [4.78, 5) is 4.64. The molecule has 4 nitrogen and oxygen atoms in total. The van der Waals surface area contributed by atoms with E-state index in [1.54, 1.807) is 0 Å². The second kappa shape index (κ2) is 8.41. The zero-order valence-electron chi connectivity index (χ0n) is 16.2. The third kappa shape index (κ3) is 4.16. The van der Waals surface area contributed by atoms with E-state index in [9.17, 15) is 0 Å². The third-order valence-electron chi connectivity index (χ3n) is 5.48. The molecule has 0 aliphatic carbocycles. The van der Waals surface area contributed by atoms with Gasteiger partial charge in [0.05, 0.1) is 17.1 Å². The number of hydrogen-bond donors (Lipinski definition) is 1. The predicted octanol–water partition coefficient (Wildman–Crippen LogP) is 4.92. The lowest BCUT2D eigenvalue weighted by Crippen LogP contribution is -2.21. The van der Waals surface area contributed by atoms with Crippen molar-refractivity contribution >= 4 is 10.9 Å². The van der Waals surface area contributed by atoms with Crippen LogP contribution in [-0.2, 0) is 0 Å². The zero-order valence-corrected chi connectivity index (χ0v) is 16.2. The highest BCUT2D eigenvalue weighted by atomic mass is 16.5. The highest BCUT2D eigenvalue weighted by Crippen LogP contribution is 2.35. The monoisotopic (exact) mass is 371 g/mol. The van der Waals surface area contributed by atoms with Crippen LogP contribution in [0.5, 0.6) is 5.75 Å². The van der Waals surface area contributed by atoms with Crippen molar-refractivity contribution in [3.05, 3.63) is 71.4 Å². The highest BCUT2D eigenvalue weighted by molar-refractivity contribution is 5.80. The van der Waals surface area contributed by atoms with Gasteiger partial charge in [-0.15, -0.1) is 0 Å². The van der Waals surface area contributed by atoms with Gasteiger partial charge in [-0.25, -0.2) is 0 Å². The summed E-state index contributed by atoms with van der Waals surface area (Å²) in [5.41, 5.74) is 3.76. The molecule has 4 heteroatoms. The van der Waals surface area contributed by atoms with Gasteiger partial charge in [-0.2, -0.15) is 5.26 Å². The Morgan fingerprint density at radius 2 is 1.89 bits per heavy atom. The lowest BCUT2D eigenvalue weighted by atomic mass is 9.89. The molecule has 1 aliphatic rings. The van der Waals surface area contributed by atoms with E-state index in [1.165, 1.54) is 0 Å². The molecule has 1 aliphatic heterocycles. The van der Waals surface area contributed by atoms with Crippen LogP contribution in [0.1, 0.15) is 42.2 Å². The average molecular weight is 371 g/mol. The van der Waals surface area contributed by atoms with Gasteiger partial charge in [0.1, 0.15) is 11.9 Å². The first-order valence-electron chi connectivity index (χ1n) is 9.98. The number of rotatable bonds is 4. The van der Waals surface area contributed by atoms with Crippen molar-refractivity contribution in [1.82, 2.24) is 10.3 Å². The molecule has 0 saturated carbocycles. The summed E-state index contributed by atoms with van der Waals surface area (Å²) in [5.74, 6) is 1.28. The van der Waals surface area contributed by atoms with Gasteiger partial charge < -0.3 is 10.1 Å². The van der Waals surface area contributed by atoms with Crippen LogP contribution in [0.25, 0.3) is 10.9 Å². The molecule has 1 aromatic heterocycles. The number of nitrogens with one attached hydrogen (secondary N) is 1. The number of ether oxygens (including phenoxy) is 1. The average Bonchev–Trinajstić information content (AvgIpc) is 3.01. The van der Waals surface area contributed by atoms with E-state index in [0.29, 0.717) is 11.5 Å². The van der Waals surface area contributed by atoms with Gasteiger partial charge in [0, 0.05) is 23.1 Å². The maximum Gasteiger partial charge on any atom is 0.127 e. The minimum atomic E-state index is -0.0325. The van der Waals surface area contributed by atoms with Crippen molar-refractivity contribution in [2.45, 2.75) is 32.3 Å². The summed E-state index contributed by atoms with van der Waals surface area (Å²) < 4.78 is 6.57. The molecule has 142 valence electrons. The molecule has 28 heavy (non-hydrogen) atoms. The Morgan fingerprint density at radius 3 is 2.71 bits per heavy atom. The van der Waals surface area contributed by atoms with Crippen LogP contribution < -0.4 is 10.1 Å². The molecular weight excluding hydrogens is 346 g/mol. The molecule has 0 radical (unpaired) electrons. The number of hydrogen-bond acceptors (Lipinski definition) is 4. The molecule has 0 spiro atoms. The molecule has 1 N–H and O–H groups in total. The Morgan fingerprint density at radius 1 is 1.07 bits per heavy atom. The Balaban J connectivity index is 1.66. The van der Waals surface area contributed by atoms with E-state index in [1.807, 2.05) is 49.4 Å². The molecule has 4 rings (SSSR count). The van der Waals surface area contributed by atoms with Crippen molar-refractivity contribution in [1.29, 1.82) is 5.26 Å². The van der Waals surface area contributed by atoms with E-state index in [0.717, 1.165) is 60.3 Å². The van der Waals surface area contributed by atoms with Crippen LogP contribution in [0.15, 0.2) is 54.6 Å². The summed E-state index contributed by atoms with van der Waals surface area (Å²) in [5, 5.41) is 13.7. The first-order valence-corrected chi connectivity index (χ1v) is 9.98. The molecule has 2 aromatic carbocycles. The summed E-state index contributed by atoms with van der Waals surface area (Å²) in [6.45, 7) is 4.08. The van der Waals surface area contributed by atoms with Crippen molar-refractivity contribution in [2.24, 2.45) is 5.92 Å². The molecule has 2 unspecified atom stereocenters. The van der Waals surface area contributed by atoms with Crippen LogP contribution in [-0.4, -0.2) is 18.1 Å². The van der Waals surface area contributed by atoms with E-state index >= 15 is 0 Å². The normalized spacial score (nSPS) is 18.2. The fourth-order valence-corrected chi connectivity index (χ4v) is 3.95. The van der Waals surface area contributed by atoms with Crippen LogP contribution in [0.2, 0.25) is 0 Å². The minimum absolute atomic E-state index is 0.0325. The fourth-order valence-electron chi connectivity index (χ4n) is 3.95. The summed E-state index contributed by atoms with van der Waals surface area (Å²) in [7, 11) is 0. The van der Waals surface area contributed by atoms with E-state index in [4.69, 9.17) is 10.00 Å². The number of pyridine rings is 1. The van der Waals surface area contributed by atoms with Gasteiger partial charge in [-0.3, -0.25) is 4.98 Å². The molecular formula is C24H25N3O. The third-order valence-corrected chi connectivity index (χ3v) is 5.48. The molecule has 1 saturated heterocycles. The largest absolute Gasteiger partial charge is 0.485 e. The second-order valence-electron chi connectivity index (χ2n) is 7.52. The molecule has 0 amide bonds. The van der Waals surface area contributed by atoms with Crippen molar-refractivity contribution < 1.29 is 4.74 Å². The second-order valence-corrected chi connectivity index (χ2v) is 7.52. The summed E-state index contributed by atoms with van der Waals surface area (Å²) in [6.07, 6.45) is 3.33. The quantitative estimate of drug-likeness (QED) is 0.707. The maximum absolute atomic E-state index is 9.11. The van der Waals surface area contributed by atoms with Gasteiger partial charge in [-0.05, 0) is 75.2 Å². The van der Waals surface area contributed by atoms with Crippen molar-refractivity contribution in [3.8, 4) is 11.8 Å². The molecule has 0 bridgehead atoms. The van der Waals surface area contributed by atoms with Crippen LogP contribution >= 0.6 is 0 Å². The van der Waals surface area contributed by atoms with E-state index in [-0.39, 0.29) is 6.10 Å². The predicted molar refractivity (Wildman–Crippen MR) is 111 cm³/mol. The summed E-state index contributed by atoms with van der Waals surface area (Å²) in [6, 6.07) is 20.3. The molecule has 3 aromatic rings. The maximum atomic E-state index is 9.11. The number of nitriles is 1. The minimum Gasteiger partial charge on any atom is -0.485 e. The number of aryl methyl sites for hydroxylation is 1. The highest BCUT2D eigenvalue weighted by Gasteiger charge is 2.26. The van der Waals surface area contributed by atoms with E-state index in [2.05, 4.69) is 28.5 Å². The van der Waals surface area contributed by atoms with Crippen molar-refractivity contribution in [3.63, 3.8) is 0 Å². The Hall–Kier alpha value is -2.90. The van der Waals surface area contributed by atoms with Gasteiger partial charge in [0.15, 0.2) is 0 Å². The van der Waals surface area contributed by atoms with E-state index < -0.39 is 0 Å². The Kier molecular flexibility index (Phi) is 5.55. The lowest BCUT2D eigenvalue weighted by Gasteiger charge is -2.27. The van der Waals surface area contributed by atoms with Gasteiger partial charge in [0.25, 0.3) is 0 Å². The Labute approximate surface area is 166 Å².